The van der Waals surface area contributed by atoms with Crippen molar-refractivity contribution in [2.24, 2.45) is 5.16 Å². The van der Waals surface area contributed by atoms with Crippen LogP contribution in [0.25, 0.3) is 0 Å². The quantitative estimate of drug-likeness (QED) is 0.498. The Morgan fingerprint density at radius 1 is 1.44 bits per heavy atom. The van der Waals surface area contributed by atoms with Gasteiger partial charge in [0.1, 0.15) is 11.8 Å². The number of nitrogens with zero attached hydrogens (tertiary/aromatic N) is 1. The molecule has 2 N–H and O–H groups in total. The Morgan fingerprint density at radius 2 is 2.32 bits per heavy atom. The molecule has 0 radical (unpaired) electrons. The number of oxime groups is 1. The lowest BCUT2D eigenvalue weighted by atomic mass is 9.88. The smallest absolute Gasteiger partial charge is 0.231 e. The van der Waals surface area contributed by atoms with Crippen molar-refractivity contribution in [1.82, 2.24) is 0 Å². The van der Waals surface area contributed by atoms with Crippen molar-refractivity contribution in [2.45, 2.75) is 18.9 Å². The molecule has 2 atom stereocenters. The zero-order chi connectivity index (χ0) is 17.4. The van der Waals surface area contributed by atoms with E-state index < -0.39 is 0 Å². The largest absolute Gasteiger partial charge is 0.492 e. The third kappa shape index (κ3) is 2.60. The summed E-state index contributed by atoms with van der Waals surface area (Å²) in [5.41, 5.74) is 2.79. The minimum absolute atomic E-state index is 0.0594. The number of fused-ring (bicyclic) bond motifs is 2. The van der Waals surface area contributed by atoms with Crippen molar-refractivity contribution in [3.63, 3.8) is 0 Å². The van der Waals surface area contributed by atoms with Gasteiger partial charge < -0.3 is 28.7 Å². The predicted octanol–water partition coefficient (Wildman–Crippen LogP) is 1.40. The summed E-state index contributed by atoms with van der Waals surface area (Å²) in [5, 5.41) is 13.0. The second-order valence-corrected chi connectivity index (χ2v) is 6.34. The summed E-state index contributed by atoms with van der Waals surface area (Å²) < 4.78 is 22.3. The van der Waals surface area contributed by atoms with Gasteiger partial charge in [-0.15, -0.1) is 0 Å². The number of furan rings is 1. The van der Waals surface area contributed by atoms with E-state index in [9.17, 15) is 5.21 Å². The highest BCUT2D eigenvalue weighted by atomic mass is 16.7. The average Bonchev–Trinajstić information content (AvgIpc) is 3.30. The summed E-state index contributed by atoms with van der Waals surface area (Å²) in [5.74, 6) is 2.67. The normalized spacial score (nSPS) is 21.9. The SMILES string of the molecule is COc1c2c(cc3c1[C@H](C/C(=N\O)c1ccco1)[NH+](C)CC3)OCO2. The van der Waals surface area contributed by atoms with E-state index in [0.29, 0.717) is 29.4 Å². The van der Waals surface area contributed by atoms with Crippen LogP contribution < -0.4 is 19.1 Å². The summed E-state index contributed by atoms with van der Waals surface area (Å²) in [7, 11) is 3.78. The van der Waals surface area contributed by atoms with E-state index >= 15 is 0 Å². The number of nitrogens with one attached hydrogen (secondary N) is 1. The van der Waals surface area contributed by atoms with E-state index in [-0.39, 0.29) is 12.8 Å². The van der Waals surface area contributed by atoms with Crippen LogP contribution >= 0.6 is 0 Å². The minimum atomic E-state index is 0.0594. The second kappa shape index (κ2) is 6.33. The zero-order valence-corrected chi connectivity index (χ0v) is 14.2. The molecule has 2 aliphatic heterocycles. The molecule has 0 bridgehead atoms. The van der Waals surface area contributed by atoms with Crippen molar-refractivity contribution in [1.29, 1.82) is 0 Å². The fourth-order valence-electron chi connectivity index (χ4n) is 3.72. The molecule has 1 unspecified atom stereocenters. The molecule has 0 saturated heterocycles. The number of methoxy groups -OCH3 is 1. The number of hydrogen-bond donors (Lipinski definition) is 2. The zero-order valence-electron chi connectivity index (χ0n) is 14.2. The first kappa shape index (κ1) is 15.8. The lowest BCUT2D eigenvalue weighted by Gasteiger charge is -2.33. The fraction of sp³-hybridized carbons (Fsp3) is 0.389. The fourth-order valence-corrected chi connectivity index (χ4v) is 3.72. The summed E-state index contributed by atoms with van der Waals surface area (Å²) >= 11 is 0. The second-order valence-electron chi connectivity index (χ2n) is 6.34. The number of quaternary nitrogens is 1. The van der Waals surface area contributed by atoms with Crippen LogP contribution in [0.5, 0.6) is 17.2 Å². The molecule has 1 aromatic carbocycles. The average molecular weight is 345 g/mol. The summed E-state index contributed by atoms with van der Waals surface area (Å²) in [6.07, 6.45) is 3.03. The van der Waals surface area contributed by atoms with Crippen molar-refractivity contribution in [3.8, 4) is 17.2 Å². The van der Waals surface area contributed by atoms with Crippen molar-refractivity contribution < 1.29 is 28.7 Å². The minimum Gasteiger partial charge on any atom is -0.492 e. The maximum atomic E-state index is 9.49. The molecule has 0 spiro atoms. The first-order valence-corrected chi connectivity index (χ1v) is 8.29. The van der Waals surface area contributed by atoms with Crippen LogP contribution in [-0.4, -0.2) is 38.4 Å². The van der Waals surface area contributed by atoms with Crippen LogP contribution in [0.2, 0.25) is 0 Å². The van der Waals surface area contributed by atoms with Gasteiger partial charge in [-0.3, -0.25) is 0 Å². The Bertz CT molecular complexity index is 800. The van der Waals surface area contributed by atoms with Crippen LogP contribution in [0.4, 0.5) is 0 Å². The molecule has 0 fully saturated rings. The summed E-state index contributed by atoms with van der Waals surface area (Å²) in [6.45, 7) is 1.18. The molecule has 3 heterocycles. The van der Waals surface area contributed by atoms with E-state index in [1.807, 2.05) is 6.07 Å². The maximum absolute atomic E-state index is 9.49. The van der Waals surface area contributed by atoms with Crippen LogP contribution in [0.1, 0.15) is 29.3 Å². The Morgan fingerprint density at radius 3 is 3.04 bits per heavy atom. The van der Waals surface area contributed by atoms with Gasteiger partial charge in [-0.25, -0.2) is 0 Å². The third-order valence-electron chi connectivity index (χ3n) is 5.00. The number of benzene rings is 1. The predicted molar refractivity (Wildman–Crippen MR) is 89.0 cm³/mol. The molecule has 2 aromatic rings. The molecule has 0 aliphatic carbocycles. The van der Waals surface area contributed by atoms with Gasteiger partial charge in [0.25, 0.3) is 0 Å². The van der Waals surface area contributed by atoms with Crippen LogP contribution in [0.3, 0.4) is 0 Å². The van der Waals surface area contributed by atoms with Crippen molar-refractivity contribution in [3.05, 3.63) is 41.3 Å². The van der Waals surface area contributed by atoms with Crippen molar-refractivity contribution >= 4 is 5.71 Å². The van der Waals surface area contributed by atoms with E-state index in [4.69, 9.17) is 18.6 Å². The van der Waals surface area contributed by atoms with E-state index in [0.717, 1.165) is 24.3 Å². The Balaban J connectivity index is 1.77. The first-order chi connectivity index (χ1) is 12.2. The van der Waals surface area contributed by atoms with Gasteiger partial charge in [-0.1, -0.05) is 5.16 Å². The van der Waals surface area contributed by atoms with Crippen molar-refractivity contribution in [2.75, 3.05) is 27.5 Å². The summed E-state index contributed by atoms with van der Waals surface area (Å²) in [4.78, 5) is 1.32. The molecule has 1 aromatic heterocycles. The molecule has 7 nitrogen and oxygen atoms in total. The topological polar surface area (TPSA) is 77.9 Å². The standard InChI is InChI=1S/C18H20N2O5/c1-20-6-5-11-8-15-17(25-10-24-15)18(22-2)16(11)13(20)9-12(19-21)14-4-3-7-23-14/h3-4,7-8,13,21H,5-6,9-10H2,1-2H3/p+1/b19-12+/t13-/m0/s1. The number of likely N-dealkylation sites (N-methyl/N-ethyl adjacent to an activating group) is 1. The third-order valence-corrected chi connectivity index (χ3v) is 5.00. The Kier molecular flexibility index (Phi) is 4.01. The molecule has 0 saturated carbocycles. The lowest BCUT2D eigenvalue weighted by Crippen LogP contribution is -3.10. The van der Waals surface area contributed by atoms with E-state index in [1.165, 1.54) is 10.5 Å². The molecule has 25 heavy (non-hydrogen) atoms. The monoisotopic (exact) mass is 345 g/mol. The van der Waals surface area contributed by atoms with Gasteiger partial charge in [0.05, 0.1) is 38.9 Å². The highest BCUT2D eigenvalue weighted by Gasteiger charge is 2.37. The maximum Gasteiger partial charge on any atom is 0.231 e. The van der Waals surface area contributed by atoms with Gasteiger partial charge in [0.15, 0.2) is 17.3 Å². The number of rotatable bonds is 4. The van der Waals surface area contributed by atoms with Gasteiger partial charge in [0, 0.05) is 6.42 Å². The van der Waals surface area contributed by atoms with Gasteiger partial charge in [-0.2, -0.15) is 0 Å². The van der Waals surface area contributed by atoms with Gasteiger partial charge >= 0.3 is 0 Å². The van der Waals surface area contributed by atoms with E-state index in [1.54, 1.807) is 25.5 Å². The van der Waals surface area contributed by atoms with Crippen LogP contribution in [0.15, 0.2) is 34.0 Å². The lowest BCUT2D eigenvalue weighted by molar-refractivity contribution is -0.913. The first-order valence-electron chi connectivity index (χ1n) is 8.29. The molecule has 2 aliphatic rings. The highest BCUT2D eigenvalue weighted by molar-refractivity contribution is 5.98. The molecule has 4 rings (SSSR count). The molecular formula is C18H21N2O5+. The molecule has 7 heteroatoms. The Hall–Kier alpha value is -2.67. The molecule has 132 valence electrons. The Labute approximate surface area is 145 Å². The molecule has 0 amide bonds. The number of ether oxygens (including phenoxy) is 3. The van der Waals surface area contributed by atoms with Crippen LogP contribution in [-0.2, 0) is 6.42 Å². The highest BCUT2D eigenvalue weighted by Crippen LogP contribution is 2.47. The summed E-state index contributed by atoms with van der Waals surface area (Å²) in [6, 6.07) is 5.68. The van der Waals surface area contributed by atoms with Crippen LogP contribution in [0, 0.1) is 0 Å². The van der Waals surface area contributed by atoms with E-state index in [2.05, 4.69) is 12.2 Å². The van der Waals surface area contributed by atoms with Gasteiger partial charge in [-0.05, 0) is 23.8 Å². The van der Waals surface area contributed by atoms with Gasteiger partial charge in [0.2, 0.25) is 12.5 Å². The number of hydrogen-bond acceptors (Lipinski definition) is 6. The molecular weight excluding hydrogens is 324 g/mol.